The number of hydrogen-bond acceptors (Lipinski definition) is 3. The fraction of sp³-hybridized carbons (Fsp3) is 0.200. The number of benzene rings is 4. The van der Waals surface area contributed by atoms with Gasteiger partial charge in [-0.05, 0) is 60.7 Å². The number of hydrogen-bond donors (Lipinski definition) is 1. The van der Waals surface area contributed by atoms with Gasteiger partial charge < -0.3 is 4.74 Å². The normalized spacial score (nSPS) is 15.1. The Labute approximate surface area is 232 Å². The van der Waals surface area contributed by atoms with Crippen molar-refractivity contribution >= 4 is 21.0 Å². The number of ether oxygens (including phenoxy) is 1. The fourth-order valence-corrected chi connectivity index (χ4v) is 7.70. The molecular formula is C30H25F4O4S2+. The molecule has 1 aliphatic carbocycles. The minimum Gasteiger partial charge on any atom is -0.451 e. The van der Waals surface area contributed by atoms with Crippen LogP contribution in [0, 0.1) is 23.3 Å². The second-order valence-corrected chi connectivity index (χ2v) is 12.9. The highest BCUT2D eigenvalue weighted by atomic mass is 32.2. The van der Waals surface area contributed by atoms with Crippen molar-refractivity contribution in [3.05, 3.63) is 108 Å². The van der Waals surface area contributed by atoms with Gasteiger partial charge in [-0.2, -0.15) is 17.2 Å². The molecule has 1 fully saturated rings. The van der Waals surface area contributed by atoms with Crippen LogP contribution in [0.4, 0.5) is 17.6 Å². The maximum absolute atomic E-state index is 14.6. The van der Waals surface area contributed by atoms with Gasteiger partial charge >= 0.3 is 10.1 Å². The minimum atomic E-state index is -5.57. The lowest BCUT2D eigenvalue weighted by molar-refractivity contribution is 0.346. The highest BCUT2D eigenvalue weighted by Crippen LogP contribution is 2.39. The van der Waals surface area contributed by atoms with Gasteiger partial charge in [0.25, 0.3) is 0 Å². The summed E-state index contributed by atoms with van der Waals surface area (Å²) in [4.78, 5) is 0.559. The first-order valence-electron chi connectivity index (χ1n) is 12.7. The first-order chi connectivity index (χ1) is 19.1. The lowest BCUT2D eigenvalue weighted by Crippen LogP contribution is -2.11. The Morgan fingerprint density at radius 2 is 1.27 bits per heavy atom. The van der Waals surface area contributed by atoms with Crippen molar-refractivity contribution < 1.29 is 35.3 Å². The molecule has 0 spiro atoms. The molecule has 0 bridgehead atoms. The Bertz CT molecular complexity index is 1590. The molecule has 4 aromatic carbocycles. The molecule has 4 aromatic rings. The molecule has 40 heavy (non-hydrogen) atoms. The molecule has 1 N–H and O–H groups in total. The second-order valence-electron chi connectivity index (χ2n) is 9.49. The van der Waals surface area contributed by atoms with Crippen LogP contribution < -0.4 is 4.74 Å². The van der Waals surface area contributed by atoms with Crippen LogP contribution in [0.15, 0.2) is 98.4 Å². The molecule has 0 aliphatic heterocycles. The van der Waals surface area contributed by atoms with Gasteiger partial charge in [-0.25, -0.2) is 8.78 Å². The topological polar surface area (TPSA) is 63.6 Å². The zero-order valence-corrected chi connectivity index (χ0v) is 22.8. The van der Waals surface area contributed by atoms with Crippen LogP contribution in [-0.4, -0.2) is 13.0 Å². The van der Waals surface area contributed by atoms with E-state index in [2.05, 4.69) is 24.3 Å². The summed E-state index contributed by atoms with van der Waals surface area (Å²) < 4.78 is 94.6. The number of rotatable bonds is 7. The van der Waals surface area contributed by atoms with E-state index in [1.165, 1.54) is 49.8 Å². The smallest absolute Gasteiger partial charge is 0.300 e. The molecular weight excluding hydrogens is 564 g/mol. The third kappa shape index (κ3) is 5.75. The molecule has 0 amide bonds. The molecule has 1 unspecified atom stereocenters. The summed E-state index contributed by atoms with van der Waals surface area (Å²) in [5.41, 5.74) is 1.29. The average Bonchev–Trinajstić information content (AvgIpc) is 2.95. The molecule has 0 aromatic heterocycles. The van der Waals surface area contributed by atoms with Gasteiger partial charge in [-0.1, -0.05) is 55.7 Å². The predicted molar refractivity (Wildman–Crippen MR) is 143 cm³/mol. The number of halogens is 4. The SMILES string of the molecule is O=S(=O)(O)c1c(F)c(F)c(Oc2cccc([S+](c3ccccc3)c3ccc(C4CCCCC4)cc3)c2)c(F)c1F. The lowest BCUT2D eigenvalue weighted by atomic mass is 9.84. The van der Waals surface area contributed by atoms with E-state index in [0.29, 0.717) is 10.8 Å². The van der Waals surface area contributed by atoms with Crippen LogP contribution >= 0.6 is 0 Å². The Hall–Kier alpha value is -3.34. The molecule has 208 valence electrons. The van der Waals surface area contributed by atoms with Crippen LogP contribution in [0.5, 0.6) is 11.5 Å². The second kappa shape index (κ2) is 11.6. The van der Waals surface area contributed by atoms with E-state index in [-0.39, 0.29) is 5.75 Å². The summed E-state index contributed by atoms with van der Waals surface area (Å²) in [5, 5.41) is 0. The molecule has 1 saturated carbocycles. The third-order valence-electron chi connectivity index (χ3n) is 6.87. The summed E-state index contributed by atoms with van der Waals surface area (Å²) in [5.74, 6) is -9.79. The van der Waals surface area contributed by atoms with E-state index in [1.54, 1.807) is 6.07 Å². The van der Waals surface area contributed by atoms with E-state index in [4.69, 9.17) is 9.29 Å². The summed E-state index contributed by atoms with van der Waals surface area (Å²) in [6.07, 6.45) is 6.05. The largest absolute Gasteiger partial charge is 0.451 e. The summed E-state index contributed by atoms with van der Waals surface area (Å²) >= 11 is 0. The minimum absolute atomic E-state index is 0.124. The van der Waals surface area contributed by atoms with E-state index in [9.17, 15) is 26.0 Å². The van der Waals surface area contributed by atoms with Crippen LogP contribution in [0.2, 0.25) is 0 Å². The van der Waals surface area contributed by atoms with Gasteiger partial charge in [-0.15, -0.1) is 0 Å². The molecule has 0 heterocycles. The summed E-state index contributed by atoms with van der Waals surface area (Å²) in [6, 6.07) is 24.3. The Balaban J connectivity index is 1.52. The highest BCUT2D eigenvalue weighted by molar-refractivity contribution is 7.97. The van der Waals surface area contributed by atoms with E-state index < -0.39 is 54.9 Å². The van der Waals surface area contributed by atoms with Crippen molar-refractivity contribution in [3.8, 4) is 11.5 Å². The average molecular weight is 590 g/mol. The maximum atomic E-state index is 14.6. The molecule has 10 heteroatoms. The molecule has 0 saturated heterocycles. The monoisotopic (exact) mass is 589 g/mol. The highest BCUT2D eigenvalue weighted by Gasteiger charge is 2.34. The van der Waals surface area contributed by atoms with Crippen molar-refractivity contribution in [2.75, 3.05) is 0 Å². The lowest BCUT2D eigenvalue weighted by Gasteiger charge is -2.22. The fourth-order valence-electron chi connectivity index (χ4n) is 4.97. The van der Waals surface area contributed by atoms with E-state index in [0.717, 1.165) is 9.79 Å². The molecule has 4 nitrogen and oxygen atoms in total. The van der Waals surface area contributed by atoms with Crippen LogP contribution in [-0.2, 0) is 21.0 Å². The van der Waals surface area contributed by atoms with Crippen LogP contribution in [0.3, 0.4) is 0 Å². The van der Waals surface area contributed by atoms with Gasteiger partial charge in [0.05, 0.1) is 10.9 Å². The third-order valence-corrected chi connectivity index (χ3v) is 9.96. The standard InChI is InChI=1S/C30H24F4O4S2/c31-25-27(33)30(40(35,36)37)28(34)26(32)29(25)38-21-10-7-13-24(18-21)39(22-11-5-2-6-12-22)23-16-14-20(15-17-23)19-8-3-1-4-9-19/h2,5-7,10-19H,1,3-4,8-9H2/p+1. The van der Waals surface area contributed by atoms with Gasteiger partial charge in [0, 0.05) is 6.07 Å². The zero-order chi connectivity index (χ0) is 28.4. The van der Waals surface area contributed by atoms with Crippen molar-refractivity contribution in [2.24, 2.45) is 0 Å². The quantitative estimate of drug-likeness (QED) is 0.102. The Kier molecular flexibility index (Phi) is 8.21. The van der Waals surface area contributed by atoms with Crippen molar-refractivity contribution in [3.63, 3.8) is 0 Å². The van der Waals surface area contributed by atoms with Gasteiger partial charge in [0.1, 0.15) is 5.75 Å². The zero-order valence-electron chi connectivity index (χ0n) is 21.1. The van der Waals surface area contributed by atoms with Gasteiger partial charge in [0.15, 0.2) is 31.2 Å². The van der Waals surface area contributed by atoms with E-state index in [1.807, 2.05) is 36.4 Å². The van der Waals surface area contributed by atoms with Crippen molar-refractivity contribution in [2.45, 2.75) is 57.6 Å². The summed E-state index contributed by atoms with van der Waals surface area (Å²) in [7, 11) is -6.23. The van der Waals surface area contributed by atoms with Crippen molar-refractivity contribution in [1.29, 1.82) is 0 Å². The predicted octanol–water partition coefficient (Wildman–Crippen LogP) is 8.43. The van der Waals surface area contributed by atoms with Crippen LogP contribution in [0.25, 0.3) is 0 Å². The van der Waals surface area contributed by atoms with Gasteiger partial charge in [0.2, 0.25) is 17.4 Å². The molecule has 1 aliphatic rings. The van der Waals surface area contributed by atoms with Gasteiger partial charge in [-0.3, -0.25) is 4.55 Å². The first kappa shape index (κ1) is 28.2. The Morgan fingerprint density at radius 1 is 0.700 bits per heavy atom. The molecule has 5 rings (SSSR count). The van der Waals surface area contributed by atoms with Crippen molar-refractivity contribution in [1.82, 2.24) is 0 Å². The van der Waals surface area contributed by atoms with E-state index >= 15 is 0 Å². The maximum Gasteiger partial charge on any atom is 0.300 e. The summed E-state index contributed by atoms with van der Waals surface area (Å²) in [6.45, 7) is 0. The van der Waals surface area contributed by atoms with Crippen LogP contribution in [0.1, 0.15) is 43.6 Å². The molecule has 0 radical (unpaired) electrons. The Morgan fingerprint density at radius 3 is 1.88 bits per heavy atom. The molecule has 1 atom stereocenters. The first-order valence-corrected chi connectivity index (χ1v) is 15.3.